The van der Waals surface area contributed by atoms with Crippen molar-refractivity contribution in [3.8, 4) is 0 Å². The molecule has 21 heteroatoms. The van der Waals surface area contributed by atoms with Crippen LogP contribution in [0.1, 0.15) is 130 Å². The molecule has 7 amide bonds. The first-order chi connectivity index (χ1) is 34.3. The summed E-state index contributed by atoms with van der Waals surface area (Å²) >= 11 is 0. The minimum Gasteiger partial charge on any atom is -0.393 e. The summed E-state index contributed by atoms with van der Waals surface area (Å²) in [5, 5.41) is 29.6. The van der Waals surface area contributed by atoms with Gasteiger partial charge >= 0.3 is 0 Å². The minimum atomic E-state index is -1.24. The van der Waals surface area contributed by atoms with Crippen LogP contribution in [0, 0.1) is 23.7 Å². The Hall–Kier alpha value is -5.35. The third-order valence-electron chi connectivity index (χ3n) is 12.5. The summed E-state index contributed by atoms with van der Waals surface area (Å²) in [6, 6.07) is 1.80. The smallest absolute Gasteiger partial charge is 0.243 e. The highest BCUT2D eigenvalue weighted by molar-refractivity contribution is 5.98. The number of hydrogen-bond acceptors (Lipinski definition) is 14. The quantitative estimate of drug-likeness (QED) is 0.0588. The molecule has 2 rings (SSSR count). The molecular weight excluding hydrogens is 927 g/mol. The van der Waals surface area contributed by atoms with Crippen molar-refractivity contribution in [2.45, 2.75) is 173 Å². The van der Waals surface area contributed by atoms with Gasteiger partial charge in [0.15, 0.2) is 11.6 Å². The number of unbranched alkanes of at least 4 members (excludes halogenated alkanes) is 2. The summed E-state index contributed by atoms with van der Waals surface area (Å²) in [6.45, 7) is 9.10. The Morgan fingerprint density at radius 2 is 1.14 bits per heavy atom. The molecule has 0 aliphatic carbocycles. The Balaban J connectivity index is 2.71. The molecule has 406 valence electrons. The number of ketones is 2. The third kappa shape index (κ3) is 23.5. The summed E-state index contributed by atoms with van der Waals surface area (Å²) < 4.78 is 0. The van der Waals surface area contributed by atoms with Crippen molar-refractivity contribution < 1.29 is 48.3 Å². The van der Waals surface area contributed by atoms with Gasteiger partial charge in [-0.25, -0.2) is 0 Å². The van der Waals surface area contributed by atoms with Crippen LogP contribution in [0.3, 0.4) is 0 Å². The Labute approximate surface area is 425 Å². The van der Waals surface area contributed by atoms with Gasteiger partial charge in [-0.2, -0.15) is 0 Å². The molecule has 1 unspecified atom stereocenters. The molecule has 1 aromatic rings. The molecular formula is C51H87N11O10. The second-order valence-corrected chi connectivity index (χ2v) is 19.9. The Morgan fingerprint density at radius 3 is 1.68 bits per heavy atom. The van der Waals surface area contributed by atoms with Crippen molar-refractivity contribution in [2.24, 2.45) is 46.6 Å². The first-order valence-electron chi connectivity index (χ1n) is 25.9. The van der Waals surface area contributed by atoms with Crippen LogP contribution in [0.5, 0.6) is 0 Å². The van der Waals surface area contributed by atoms with Gasteiger partial charge in [0.05, 0.1) is 24.6 Å². The molecule has 1 aromatic carbocycles. The molecule has 0 radical (unpaired) electrons. The minimum absolute atomic E-state index is 0.00338. The lowest BCUT2D eigenvalue weighted by atomic mass is 9.89. The fourth-order valence-electron chi connectivity index (χ4n) is 8.58. The summed E-state index contributed by atoms with van der Waals surface area (Å²) in [7, 11) is 0. The number of carbonyl (C=O) groups is 9. The van der Waals surface area contributed by atoms with Crippen molar-refractivity contribution in [1.29, 1.82) is 0 Å². The van der Waals surface area contributed by atoms with Gasteiger partial charge in [-0.15, -0.1) is 0 Å². The number of aliphatic hydroxyl groups excluding tert-OH is 1. The lowest BCUT2D eigenvalue weighted by Gasteiger charge is -2.28. The van der Waals surface area contributed by atoms with E-state index in [1.807, 2.05) is 34.6 Å². The van der Waals surface area contributed by atoms with E-state index in [4.69, 9.17) is 22.9 Å². The van der Waals surface area contributed by atoms with Crippen LogP contribution >= 0.6 is 0 Å². The molecule has 0 spiro atoms. The molecule has 1 saturated heterocycles. The number of nitrogens with one attached hydrogen (secondary N) is 7. The number of nitrogens with two attached hydrogens (primary N) is 4. The van der Waals surface area contributed by atoms with E-state index in [-0.39, 0.29) is 102 Å². The standard InChI is InChI=1S/C51H87N11O10/c1-6-7-9-14-36(63)30-45(66)57-37(15-20-52)43(64)28-34-19-24-56-48(69)41(25-31(2)3)62-50(71)40(18-23-55)59-49(70)39(17-22-54)60-51(72)42(26-32(4)5)61-47(68)35(27-33-12-10-8-11-13-33)29-44(65)38(16-21-53)58-46(34)67/h8,10-13,31-32,34-42,63H,6-7,9,14-30,52-55H2,1-5H3,(H,56,69)(H,57,66)(H,58,67)(H,59,70)(H,60,72)(H,61,68)(H,62,71)/t34-,35+,36?,37-,38+,39+,40+,41+,42+/m1/s1. The lowest BCUT2D eigenvalue weighted by Crippen LogP contribution is -2.59. The van der Waals surface area contributed by atoms with Gasteiger partial charge in [-0.3, -0.25) is 43.2 Å². The maximum atomic E-state index is 14.4. The maximum Gasteiger partial charge on any atom is 0.243 e. The van der Waals surface area contributed by atoms with Gasteiger partial charge in [0.2, 0.25) is 41.4 Å². The van der Waals surface area contributed by atoms with Crippen LogP contribution in [-0.4, -0.2) is 133 Å². The van der Waals surface area contributed by atoms with Crippen LogP contribution in [-0.2, 0) is 49.6 Å². The predicted molar refractivity (Wildman–Crippen MR) is 274 cm³/mol. The zero-order chi connectivity index (χ0) is 53.8. The van der Waals surface area contributed by atoms with Crippen molar-refractivity contribution in [2.75, 3.05) is 32.7 Å². The first-order valence-corrected chi connectivity index (χ1v) is 25.9. The van der Waals surface area contributed by atoms with Gasteiger partial charge in [0, 0.05) is 31.2 Å². The second kappa shape index (κ2) is 34.1. The fourth-order valence-corrected chi connectivity index (χ4v) is 8.58. The van der Waals surface area contributed by atoms with Crippen LogP contribution in [0.15, 0.2) is 30.3 Å². The largest absolute Gasteiger partial charge is 0.393 e. The normalized spacial score (nSPS) is 23.5. The zero-order valence-electron chi connectivity index (χ0n) is 43.3. The molecule has 72 heavy (non-hydrogen) atoms. The van der Waals surface area contributed by atoms with E-state index in [0.717, 1.165) is 19.3 Å². The number of aliphatic hydroxyl groups is 1. The summed E-state index contributed by atoms with van der Waals surface area (Å²) in [6.07, 6.45) is 1.08. The topological polar surface area (TPSA) is 362 Å². The van der Waals surface area contributed by atoms with E-state index in [2.05, 4.69) is 37.2 Å². The molecule has 1 aliphatic rings. The van der Waals surface area contributed by atoms with E-state index in [1.165, 1.54) is 0 Å². The number of amides is 7. The molecule has 0 bridgehead atoms. The molecule has 9 atom stereocenters. The second-order valence-electron chi connectivity index (χ2n) is 19.9. The molecule has 1 aliphatic heterocycles. The van der Waals surface area contributed by atoms with Crippen molar-refractivity contribution in [3.63, 3.8) is 0 Å². The Kier molecular flexibility index (Phi) is 29.8. The van der Waals surface area contributed by atoms with E-state index in [1.54, 1.807) is 30.3 Å². The van der Waals surface area contributed by atoms with Gasteiger partial charge in [0.25, 0.3) is 0 Å². The van der Waals surface area contributed by atoms with Gasteiger partial charge < -0.3 is 65.3 Å². The molecule has 0 saturated carbocycles. The maximum absolute atomic E-state index is 14.4. The number of carbonyl (C=O) groups excluding carboxylic acids is 9. The first kappa shape index (κ1) is 62.8. The number of benzene rings is 1. The summed E-state index contributed by atoms with van der Waals surface area (Å²) in [5.41, 5.74) is 24.4. The lowest BCUT2D eigenvalue weighted by molar-refractivity contribution is -0.136. The Morgan fingerprint density at radius 1 is 0.639 bits per heavy atom. The number of Topliss-reactive ketones (excluding diaryl/α,β-unsaturated/α-hetero) is 2. The highest BCUT2D eigenvalue weighted by atomic mass is 16.3. The van der Waals surface area contributed by atoms with E-state index >= 15 is 0 Å². The van der Waals surface area contributed by atoms with E-state index in [0.29, 0.717) is 12.0 Å². The molecule has 16 N–H and O–H groups in total. The van der Waals surface area contributed by atoms with Crippen molar-refractivity contribution in [1.82, 2.24) is 37.2 Å². The van der Waals surface area contributed by atoms with Crippen LogP contribution < -0.4 is 60.2 Å². The van der Waals surface area contributed by atoms with Crippen molar-refractivity contribution in [3.05, 3.63) is 35.9 Å². The molecule has 1 fully saturated rings. The van der Waals surface area contributed by atoms with Crippen LogP contribution in [0.2, 0.25) is 0 Å². The van der Waals surface area contributed by atoms with Crippen molar-refractivity contribution >= 4 is 52.9 Å². The zero-order valence-corrected chi connectivity index (χ0v) is 43.3. The van der Waals surface area contributed by atoms with Crippen LogP contribution in [0.25, 0.3) is 0 Å². The predicted octanol–water partition coefficient (Wildman–Crippen LogP) is -0.373. The summed E-state index contributed by atoms with van der Waals surface area (Å²) in [5.74, 6) is -8.31. The molecule has 21 nitrogen and oxygen atoms in total. The van der Waals surface area contributed by atoms with E-state index < -0.39 is 120 Å². The van der Waals surface area contributed by atoms with Gasteiger partial charge in [0.1, 0.15) is 24.2 Å². The molecule has 0 aromatic heterocycles. The van der Waals surface area contributed by atoms with Gasteiger partial charge in [-0.05, 0) is 101 Å². The van der Waals surface area contributed by atoms with Gasteiger partial charge in [-0.1, -0.05) is 84.2 Å². The SMILES string of the molecule is CCCCCC(O)CC(=O)N[C@H](CCN)C(=O)C[C@H]1CCNC(=O)[C@H](CC(C)C)NC(=O)[C@H](CCN)NC(=O)[C@H](CCN)NC(=O)[C@H](CC(C)C)NC(=O)[C@@H](Cc2ccccc2)CC(=O)[C@H](CCN)NC1=O. The average Bonchev–Trinajstić information content (AvgIpc) is 3.31. The number of rotatable bonds is 24. The highest BCUT2D eigenvalue weighted by Crippen LogP contribution is 2.19. The summed E-state index contributed by atoms with van der Waals surface area (Å²) in [4.78, 5) is 126. The number of hydrogen-bond donors (Lipinski definition) is 12. The van der Waals surface area contributed by atoms with E-state index in [9.17, 15) is 48.3 Å². The molecule has 1 heterocycles. The van der Waals surface area contributed by atoms with Crippen LogP contribution in [0.4, 0.5) is 0 Å². The third-order valence-corrected chi connectivity index (χ3v) is 12.5. The fraction of sp³-hybridized carbons (Fsp3) is 0.706. The highest BCUT2D eigenvalue weighted by Gasteiger charge is 2.36. The monoisotopic (exact) mass is 1010 g/mol. The Bertz CT molecular complexity index is 1890. The average molecular weight is 1010 g/mol.